The van der Waals surface area contributed by atoms with Gasteiger partial charge in [0.1, 0.15) is 17.0 Å². The molecular formula is C18H25N5O2S. The maximum atomic E-state index is 12.3. The van der Waals surface area contributed by atoms with Crippen LogP contribution in [0.1, 0.15) is 21.7 Å². The first-order valence-corrected chi connectivity index (χ1v) is 9.69. The van der Waals surface area contributed by atoms with Gasteiger partial charge in [0.25, 0.3) is 5.91 Å². The van der Waals surface area contributed by atoms with Crippen LogP contribution in [-0.2, 0) is 4.74 Å². The molecule has 0 atom stereocenters. The summed E-state index contributed by atoms with van der Waals surface area (Å²) >= 11 is 1.40. The number of thiophene rings is 1. The summed E-state index contributed by atoms with van der Waals surface area (Å²) in [6, 6.07) is 0. The number of hydrogen-bond donors (Lipinski definition) is 2. The average molecular weight is 375 g/mol. The molecule has 1 fully saturated rings. The number of carbonyl (C=O) groups excluding carboxylic acids is 1. The van der Waals surface area contributed by atoms with Crippen LogP contribution in [0.3, 0.4) is 0 Å². The predicted molar refractivity (Wildman–Crippen MR) is 105 cm³/mol. The molecule has 0 bridgehead atoms. The Bertz CT molecular complexity index is 770. The SMILES string of the molecule is C=CCNC(=O)c1sc2ncnc(NCCCN3CCOCC3)c2c1C. The Labute approximate surface area is 157 Å². The third kappa shape index (κ3) is 4.38. The van der Waals surface area contributed by atoms with Crippen molar-refractivity contribution >= 4 is 33.3 Å². The lowest BCUT2D eigenvalue weighted by molar-refractivity contribution is 0.0378. The lowest BCUT2D eigenvalue weighted by atomic mass is 10.2. The fourth-order valence-electron chi connectivity index (χ4n) is 3.00. The third-order valence-corrected chi connectivity index (χ3v) is 5.59. The summed E-state index contributed by atoms with van der Waals surface area (Å²) in [5.74, 6) is 0.706. The summed E-state index contributed by atoms with van der Waals surface area (Å²) in [4.78, 5) is 25.0. The molecule has 26 heavy (non-hydrogen) atoms. The molecule has 2 aromatic heterocycles. The van der Waals surface area contributed by atoms with Crippen molar-refractivity contribution in [2.24, 2.45) is 0 Å². The van der Waals surface area contributed by atoms with E-state index in [1.165, 1.54) is 11.3 Å². The second kappa shape index (κ2) is 9.07. The van der Waals surface area contributed by atoms with Crippen LogP contribution < -0.4 is 10.6 Å². The second-order valence-electron chi connectivity index (χ2n) is 6.19. The summed E-state index contributed by atoms with van der Waals surface area (Å²) in [7, 11) is 0. The summed E-state index contributed by atoms with van der Waals surface area (Å²) in [5, 5.41) is 7.18. The number of rotatable bonds is 8. The summed E-state index contributed by atoms with van der Waals surface area (Å²) in [6.07, 6.45) is 4.25. The summed E-state index contributed by atoms with van der Waals surface area (Å²) < 4.78 is 5.37. The average Bonchev–Trinajstić information content (AvgIpc) is 3.02. The molecule has 3 heterocycles. The number of morpholine rings is 1. The van der Waals surface area contributed by atoms with Gasteiger partial charge >= 0.3 is 0 Å². The second-order valence-corrected chi connectivity index (χ2v) is 7.19. The van der Waals surface area contributed by atoms with Gasteiger partial charge in [0.05, 0.1) is 23.5 Å². The molecule has 0 unspecified atom stereocenters. The van der Waals surface area contributed by atoms with Crippen molar-refractivity contribution in [2.75, 3.05) is 51.3 Å². The van der Waals surface area contributed by atoms with E-state index >= 15 is 0 Å². The quantitative estimate of drug-likeness (QED) is 0.543. The number of fused-ring (bicyclic) bond motifs is 1. The predicted octanol–water partition coefficient (Wildman–Crippen LogP) is 2.05. The topological polar surface area (TPSA) is 79.4 Å². The molecule has 140 valence electrons. The number of amides is 1. The molecule has 0 saturated carbocycles. The van der Waals surface area contributed by atoms with Gasteiger partial charge in [-0.25, -0.2) is 9.97 Å². The molecule has 2 N–H and O–H groups in total. The van der Waals surface area contributed by atoms with Crippen LogP contribution in [0.25, 0.3) is 10.2 Å². The van der Waals surface area contributed by atoms with E-state index < -0.39 is 0 Å². The van der Waals surface area contributed by atoms with Gasteiger partial charge in [0, 0.05) is 26.2 Å². The van der Waals surface area contributed by atoms with Crippen molar-refractivity contribution in [1.29, 1.82) is 0 Å². The van der Waals surface area contributed by atoms with Crippen LogP contribution in [0.5, 0.6) is 0 Å². The molecular weight excluding hydrogens is 350 g/mol. The van der Waals surface area contributed by atoms with Gasteiger partial charge < -0.3 is 15.4 Å². The maximum Gasteiger partial charge on any atom is 0.261 e. The van der Waals surface area contributed by atoms with Gasteiger partial charge in [-0.05, 0) is 25.5 Å². The molecule has 0 aromatic carbocycles. The van der Waals surface area contributed by atoms with Gasteiger partial charge in [-0.3, -0.25) is 9.69 Å². The molecule has 0 aliphatic carbocycles. The Morgan fingerprint density at radius 3 is 3.00 bits per heavy atom. The first-order valence-electron chi connectivity index (χ1n) is 8.88. The number of aromatic nitrogens is 2. The van der Waals surface area contributed by atoms with Gasteiger partial charge in [-0.2, -0.15) is 0 Å². The fraction of sp³-hybridized carbons (Fsp3) is 0.500. The lowest BCUT2D eigenvalue weighted by Gasteiger charge is -2.26. The smallest absolute Gasteiger partial charge is 0.261 e. The number of ether oxygens (including phenoxy) is 1. The van der Waals surface area contributed by atoms with Crippen molar-refractivity contribution in [2.45, 2.75) is 13.3 Å². The van der Waals surface area contributed by atoms with Crippen LogP contribution in [0, 0.1) is 6.92 Å². The normalized spacial score (nSPS) is 15.1. The number of anilines is 1. The van der Waals surface area contributed by atoms with Crippen molar-refractivity contribution in [3.63, 3.8) is 0 Å². The van der Waals surface area contributed by atoms with Crippen molar-refractivity contribution in [3.05, 3.63) is 29.4 Å². The molecule has 1 saturated heterocycles. The molecule has 1 aliphatic heterocycles. The molecule has 3 rings (SSSR count). The van der Waals surface area contributed by atoms with Crippen LogP contribution in [-0.4, -0.2) is 66.7 Å². The summed E-state index contributed by atoms with van der Waals surface area (Å²) in [6.45, 7) is 11.6. The zero-order chi connectivity index (χ0) is 18.4. The number of nitrogens with zero attached hydrogens (tertiary/aromatic N) is 3. The highest BCUT2D eigenvalue weighted by atomic mass is 32.1. The lowest BCUT2D eigenvalue weighted by Crippen LogP contribution is -2.37. The molecule has 1 aliphatic rings. The third-order valence-electron chi connectivity index (χ3n) is 4.39. The minimum atomic E-state index is -0.0938. The largest absolute Gasteiger partial charge is 0.379 e. The standard InChI is InChI=1S/C18H25N5O2S/c1-3-5-20-17(24)15-13(2)14-16(21-12-22-18(14)26-15)19-6-4-7-23-8-10-25-11-9-23/h3,12H,1,4-11H2,2H3,(H,20,24)(H,19,21,22). The first kappa shape index (κ1) is 18.8. The van der Waals surface area contributed by atoms with E-state index in [2.05, 4.69) is 32.1 Å². The first-order chi connectivity index (χ1) is 12.7. The van der Waals surface area contributed by atoms with E-state index in [0.29, 0.717) is 11.4 Å². The Morgan fingerprint density at radius 2 is 2.23 bits per heavy atom. The highest BCUT2D eigenvalue weighted by Gasteiger charge is 2.18. The minimum absolute atomic E-state index is 0.0938. The van der Waals surface area contributed by atoms with E-state index in [-0.39, 0.29) is 5.91 Å². The highest BCUT2D eigenvalue weighted by Crippen LogP contribution is 2.33. The van der Waals surface area contributed by atoms with E-state index in [4.69, 9.17) is 4.74 Å². The molecule has 0 spiro atoms. The highest BCUT2D eigenvalue weighted by molar-refractivity contribution is 7.20. The Morgan fingerprint density at radius 1 is 1.42 bits per heavy atom. The molecule has 8 heteroatoms. The summed E-state index contributed by atoms with van der Waals surface area (Å²) in [5.41, 5.74) is 0.919. The van der Waals surface area contributed by atoms with Gasteiger partial charge in [0.2, 0.25) is 0 Å². The molecule has 1 amide bonds. The van der Waals surface area contributed by atoms with Gasteiger partial charge in [-0.1, -0.05) is 6.08 Å². The monoisotopic (exact) mass is 375 g/mol. The van der Waals surface area contributed by atoms with Crippen molar-refractivity contribution in [3.8, 4) is 0 Å². The minimum Gasteiger partial charge on any atom is -0.379 e. The van der Waals surface area contributed by atoms with Gasteiger partial charge in [-0.15, -0.1) is 17.9 Å². The fourth-order valence-corrected chi connectivity index (χ4v) is 4.07. The zero-order valence-electron chi connectivity index (χ0n) is 15.1. The molecule has 2 aromatic rings. The van der Waals surface area contributed by atoms with Crippen molar-refractivity contribution < 1.29 is 9.53 Å². The Kier molecular flexibility index (Phi) is 6.54. The number of aryl methyl sites for hydroxylation is 1. The van der Waals surface area contributed by atoms with E-state index in [1.807, 2.05) is 6.92 Å². The number of hydrogen-bond acceptors (Lipinski definition) is 7. The Hall–Kier alpha value is -2.03. The number of nitrogens with one attached hydrogen (secondary N) is 2. The van der Waals surface area contributed by atoms with E-state index in [0.717, 1.165) is 67.4 Å². The van der Waals surface area contributed by atoms with E-state index in [9.17, 15) is 4.79 Å². The van der Waals surface area contributed by atoms with E-state index in [1.54, 1.807) is 12.4 Å². The molecule has 0 radical (unpaired) electrons. The van der Waals surface area contributed by atoms with Crippen LogP contribution in [0.15, 0.2) is 19.0 Å². The van der Waals surface area contributed by atoms with Crippen LogP contribution in [0.2, 0.25) is 0 Å². The van der Waals surface area contributed by atoms with Crippen LogP contribution >= 0.6 is 11.3 Å². The maximum absolute atomic E-state index is 12.3. The van der Waals surface area contributed by atoms with Gasteiger partial charge in [0.15, 0.2) is 0 Å². The zero-order valence-corrected chi connectivity index (χ0v) is 15.9. The van der Waals surface area contributed by atoms with Crippen LogP contribution in [0.4, 0.5) is 5.82 Å². The number of carbonyl (C=O) groups is 1. The van der Waals surface area contributed by atoms with Crippen molar-refractivity contribution in [1.82, 2.24) is 20.2 Å². The Balaban J connectivity index is 1.65. The molecule has 7 nitrogen and oxygen atoms in total.